The van der Waals surface area contributed by atoms with Gasteiger partial charge in [-0.15, -0.1) is 11.6 Å². The molecule has 0 amide bonds. The Morgan fingerprint density at radius 3 is 2.00 bits per heavy atom. The lowest BCUT2D eigenvalue weighted by Crippen LogP contribution is -1.90. The van der Waals surface area contributed by atoms with Gasteiger partial charge in [0.15, 0.2) is 5.82 Å². The lowest BCUT2D eigenvalue weighted by molar-refractivity contribution is 1.17. The molecule has 0 radical (unpaired) electrons. The summed E-state index contributed by atoms with van der Waals surface area (Å²) in [4.78, 5) is 8.19. The van der Waals surface area contributed by atoms with Gasteiger partial charge in [-0.1, -0.05) is 47.5 Å². The maximum atomic E-state index is 5.84. The van der Waals surface area contributed by atoms with Crippen LogP contribution < -0.4 is 0 Å². The first kappa shape index (κ1) is 13.0. The average Bonchev–Trinajstić information content (AvgIpc) is 2.28. The van der Waals surface area contributed by atoms with Crippen molar-refractivity contribution in [3.63, 3.8) is 0 Å². The third-order valence-corrected chi connectivity index (χ3v) is 3.04. The molecule has 2 rings (SSSR count). The molecule has 1 heterocycles. The second-order valence-corrected chi connectivity index (χ2v) is 5.33. The predicted octanol–water partition coefficient (Wildman–Crippen LogP) is 4.62. The molecular weight excluding hydrogens is 299 g/mol. The second kappa shape index (κ2) is 5.44. The highest BCUT2D eigenvalue weighted by Crippen LogP contribution is 2.26. The third-order valence-electron chi connectivity index (χ3n) is 2.11. The first-order chi connectivity index (χ1) is 8.06. The predicted molar refractivity (Wildman–Crippen MR) is 75.1 cm³/mol. The van der Waals surface area contributed by atoms with Crippen LogP contribution in [0.1, 0.15) is 10.3 Å². The summed E-state index contributed by atoms with van der Waals surface area (Å²) in [7, 11) is 0. The van der Waals surface area contributed by atoms with Crippen molar-refractivity contribution in [1.29, 1.82) is 0 Å². The zero-order valence-corrected chi connectivity index (χ0v) is 11.6. The van der Waals surface area contributed by atoms with E-state index in [-0.39, 0.29) is 4.71 Å². The molecule has 1 aromatic carbocycles. The minimum Gasteiger partial charge on any atom is -0.216 e. The fourth-order valence-corrected chi connectivity index (χ4v) is 2.05. The van der Waals surface area contributed by atoms with Crippen molar-refractivity contribution < 1.29 is 0 Å². The zero-order chi connectivity index (χ0) is 12.4. The van der Waals surface area contributed by atoms with Gasteiger partial charge in [-0.25, -0.2) is 9.97 Å². The monoisotopic (exact) mass is 304 g/mol. The summed E-state index contributed by atoms with van der Waals surface area (Å²) in [5, 5.41) is 0.627. The van der Waals surface area contributed by atoms with Crippen molar-refractivity contribution >= 4 is 47.4 Å². The van der Waals surface area contributed by atoms with Crippen molar-refractivity contribution in [2.45, 2.75) is 4.71 Å². The van der Waals surface area contributed by atoms with Gasteiger partial charge in [-0.05, 0) is 5.56 Å². The molecule has 0 saturated carbocycles. The highest BCUT2D eigenvalue weighted by molar-refractivity contribution is 7.81. The molecule has 0 bridgehead atoms. The molecule has 88 valence electrons. The molecule has 6 heteroatoms. The average molecular weight is 306 g/mol. The van der Waals surface area contributed by atoms with E-state index >= 15 is 0 Å². The van der Waals surface area contributed by atoms with Crippen LogP contribution in [0.25, 0.3) is 11.4 Å². The fourth-order valence-electron chi connectivity index (χ4n) is 1.31. The first-order valence-electron chi connectivity index (χ1n) is 4.69. The summed E-state index contributed by atoms with van der Waals surface area (Å²) in [6.07, 6.45) is 0. The van der Waals surface area contributed by atoms with Crippen molar-refractivity contribution in [3.8, 4) is 11.4 Å². The van der Waals surface area contributed by atoms with Gasteiger partial charge >= 0.3 is 0 Å². The van der Waals surface area contributed by atoms with Gasteiger partial charge in [-0.3, -0.25) is 0 Å². The van der Waals surface area contributed by atoms with Crippen LogP contribution in [0.4, 0.5) is 0 Å². The van der Waals surface area contributed by atoms with Gasteiger partial charge in [0, 0.05) is 11.6 Å². The molecule has 2 aromatic rings. The zero-order valence-electron chi connectivity index (χ0n) is 8.44. The second-order valence-electron chi connectivity index (χ2n) is 3.29. The van der Waals surface area contributed by atoms with Crippen LogP contribution in [0, 0.1) is 0 Å². The van der Waals surface area contributed by atoms with Gasteiger partial charge in [0.25, 0.3) is 0 Å². The number of rotatable bonds is 2. The van der Waals surface area contributed by atoms with Gasteiger partial charge in [0.2, 0.25) is 0 Å². The number of hydrogen-bond acceptors (Lipinski definition) is 3. The Hall–Kier alpha value is -0.480. The first-order valence-corrected chi connectivity index (χ1v) is 6.39. The van der Waals surface area contributed by atoms with E-state index in [0.29, 0.717) is 16.1 Å². The topological polar surface area (TPSA) is 25.8 Å². The van der Waals surface area contributed by atoms with E-state index in [1.165, 1.54) is 6.07 Å². The largest absolute Gasteiger partial charge is 0.216 e. The maximum Gasteiger partial charge on any atom is 0.162 e. The lowest BCUT2D eigenvalue weighted by atomic mass is 10.1. The number of aromatic nitrogens is 2. The number of hydrogen-bond donors (Lipinski definition) is 1. The van der Waals surface area contributed by atoms with Crippen molar-refractivity contribution in [3.05, 3.63) is 46.2 Å². The highest BCUT2D eigenvalue weighted by atomic mass is 35.5. The summed E-state index contributed by atoms with van der Waals surface area (Å²) < 4.78 is -0.326. The Bertz CT molecular complexity index is 508. The molecule has 0 aliphatic rings. The SMILES string of the molecule is SC(Cl)c1ccc(-c2nc(Cl)cc(Cl)n2)cc1. The number of halogens is 3. The van der Waals surface area contributed by atoms with E-state index in [1.54, 1.807) is 0 Å². The standard InChI is InChI=1S/C11H7Cl3N2S/c12-8-5-9(13)16-11(15-8)7-3-1-6(2-4-7)10(14)17/h1-5,10,17H. The quantitative estimate of drug-likeness (QED) is 0.498. The summed E-state index contributed by atoms with van der Waals surface area (Å²) in [6.45, 7) is 0. The van der Waals surface area contributed by atoms with E-state index < -0.39 is 0 Å². The summed E-state index contributed by atoms with van der Waals surface area (Å²) in [5.74, 6) is 0.485. The maximum absolute atomic E-state index is 5.84. The van der Waals surface area contributed by atoms with Crippen LogP contribution in [-0.2, 0) is 0 Å². The molecule has 1 aromatic heterocycles. The van der Waals surface area contributed by atoms with E-state index in [1.807, 2.05) is 24.3 Å². The molecule has 0 fully saturated rings. The lowest BCUT2D eigenvalue weighted by Gasteiger charge is -2.05. The van der Waals surface area contributed by atoms with E-state index in [9.17, 15) is 0 Å². The Labute approximate surface area is 119 Å². The van der Waals surface area contributed by atoms with E-state index in [0.717, 1.165) is 11.1 Å². The van der Waals surface area contributed by atoms with Gasteiger partial charge in [0.05, 0.1) is 0 Å². The van der Waals surface area contributed by atoms with E-state index in [2.05, 4.69) is 22.6 Å². The molecule has 0 aliphatic carbocycles. The Kier molecular flexibility index (Phi) is 4.15. The molecule has 17 heavy (non-hydrogen) atoms. The van der Waals surface area contributed by atoms with E-state index in [4.69, 9.17) is 34.8 Å². The van der Waals surface area contributed by atoms with Gasteiger partial charge < -0.3 is 0 Å². The summed E-state index contributed by atoms with van der Waals surface area (Å²) in [5.41, 5.74) is 1.73. The number of thiol groups is 1. The van der Waals surface area contributed by atoms with Crippen LogP contribution in [0.15, 0.2) is 30.3 Å². The number of nitrogens with zero attached hydrogens (tertiary/aromatic N) is 2. The Morgan fingerprint density at radius 1 is 1.00 bits per heavy atom. The van der Waals surface area contributed by atoms with Crippen LogP contribution in [0.5, 0.6) is 0 Å². The highest BCUT2D eigenvalue weighted by Gasteiger charge is 2.06. The van der Waals surface area contributed by atoms with Crippen molar-refractivity contribution in [1.82, 2.24) is 9.97 Å². The molecule has 1 atom stereocenters. The van der Waals surface area contributed by atoms with Crippen LogP contribution >= 0.6 is 47.4 Å². The number of alkyl halides is 1. The third kappa shape index (κ3) is 3.26. The molecule has 1 unspecified atom stereocenters. The molecule has 0 aliphatic heterocycles. The van der Waals surface area contributed by atoms with Crippen LogP contribution in [-0.4, -0.2) is 9.97 Å². The fraction of sp³-hybridized carbons (Fsp3) is 0.0909. The summed E-state index contributed by atoms with van der Waals surface area (Å²) in [6, 6.07) is 8.91. The van der Waals surface area contributed by atoms with Crippen LogP contribution in [0.2, 0.25) is 10.3 Å². The van der Waals surface area contributed by atoms with Gasteiger partial charge in [0.1, 0.15) is 15.0 Å². The minimum absolute atomic E-state index is 0.313. The minimum atomic E-state index is -0.326. The van der Waals surface area contributed by atoms with Crippen molar-refractivity contribution in [2.75, 3.05) is 0 Å². The Morgan fingerprint density at radius 2 is 1.53 bits per heavy atom. The Balaban J connectivity index is 2.39. The van der Waals surface area contributed by atoms with Crippen LogP contribution in [0.3, 0.4) is 0 Å². The normalized spacial score (nSPS) is 12.5. The molecule has 0 N–H and O–H groups in total. The van der Waals surface area contributed by atoms with Crippen molar-refractivity contribution in [2.24, 2.45) is 0 Å². The smallest absolute Gasteiger partial charge is 0.162 e. The number of benzene rings is 1. The molecule has 0 saturated heterocycles. The molecular formula is C11H7Cl3N2S. The summed E-state index contributed by atoms with van der Waals surface area (Å²) >= 11 is 21.6. The van der Waals surface area contributed by atoms with Gasteiger partial charge in [-0.2, -0.15) is 12.6 Å². The molecule has 2 nitrogen and oxygen atoms in total. The molecule has 0 spiro atoms.